The standard InChI is InChI=1S/C10H20O6/c1-10(2,3)4-5(11)6(12)7(13)8(14)9(15)16/h5-8,11-14H,4H2,1-3H3,(H,15,16)/t5-,6+,7+,8-/m0/s1. The number of hydrogen-bond donors (Lipinski definition) is 5. The van der Waals surface area contributed by atoms with Gasteiger partial charge in [0.05, 0.1) is 6.10 Å². The molecule has 5 N–H and O–H groups in total. The highest BCUT2D eigenvalue weighted by molar-refractivity contribution is 5.72. The van der Waals surface area contributed by atoms with Crippen LogP contribution in [0.3, 0.4) is 0 Å². The lowest BCUT2D eigenvalue weighted by Gasteiger charge is -2.29. The van der Waals surface area contributed by atoms with Gasteiger partial charge in [-0.2, -0.15) is 0 Å². The molecular formula is C10H20O6. The van der Waals surface area contributed by atoms with Crippen LogP contribution >= 0.6 is 0 Å². The first-order chi connectivity index (χ1) is 7.06. The van der Waals surface area contributed by atoms with Crippen LogP contribution in [0.4, 0.5) is 0 Å². The summed E-state index contributed by atoms with van der Waals surface area (Å²) in [6.45, 7) is 5.47. The average Bonchev–Trinajstić information content (AvgIpc) is 2.11. The highest BCUT2D eigenvalue weighted by Crippen LogP contribution is 2.23. The number of rotatable bonds is 5. The molecule has 0 saturated heterocycles. The van der Waals surface area contributed by atoms with Gasteiger partial charge in [0.15, 0.2) is 6.10 Å². The molecule has 0 fully saturated rings. The van der Waals surface area contributed by atoms with Gasteiger partial charge in [0.2, 0.25) is 0 Å². The second-order valence-electron chi connectivity index (χ2n) is 5.10. The van der Waals surface area contributed by atoms with E-state index in [0.29, 0.717) is 0 Å². The van der Waals surface area contributed by atoms with Crippen molar-refractivity contribution in [2.45, 2.75) is 51.6 Å². The lowest BCUT2D eigenvalue weighted by Crippen LogP contribution is -2.48. The quantitative estimate of drug-likeness (QED) is 0.416. The normalized spacial score (nSPS) is 19.9. The predicted molar refractivity (Wildman–Crippen MR) is 55.7 cm³/mol. The second kappa shape index (κ2) is 5.58. The number of carboxylic acids is 1. The van der Waals surface area contributed by atoms with Crippen LogP contribution in [0.1, 0.15) is 27.2 Å². The van der Waals surface area contributed by atoms with Crippen LogP contribution in [-0.2, 0) is 4.79 Å². The third-order valence-electron chi connectivity index (χ3n) is 2.14. The average molecular weight is 236 g/mol. The Labute approximate surface area is 94.2 Å². The molecule has 0 amide bonds. The van der Waals surface area contributed by atoms with Gasteiger partial charge in [-0.05, 0) is 11.8 Å². The Morgan fingerprint density at radius 2 is 1.50 bits per heavy atom. The zero-order valence-electron chi connectivity index (χ0n) is 9.66. The second-order valence-corrected chi connectivity index (χ2v) is 5.10. The number of carboxylic acid groups (broad SMARTS) is 1. The van der Waals surface area contributed by atoms with Crippen molar-refractivity contribution in [3.63, 3.8) is 0 Å². The highest BCUT2D eigenvalue weighted by Gasteiger charge is 2.35. The van der Waals surface area contributed by atoms with E-state index in [-0.39, 0.29) is 11.8 Å². The number of hydrogen-bond acceptors (Lipinski definition) is 5. The monoisotopic (exact) mass is 236 g/mol. The van der Waals surface area contributed by atoms with E-state index in [4.69, 9.17) is 10.2 Å². The first-order valence-corrected chi connectivity index (χ1v) is 5.01. The van der Waals surface area contributed by atoms with Crippen LogP contribution in [0.5, 0.6) is 0 Å². The number of aliphatic hydroxyl groups is 4. The van der Waals surface area contributed by atoms with Crippen molar-refractivity contribution in [2.24, 2.45) is 5.41 Å². The van der Waals surface area contributed by atoms with Gasteiger partial charge in [-0.15, -0.1) is 0 Å². The van der Waals surface area contributed by atoms with Crippen molar-refractivity contribution in [3.8, 4) is 0 Å². The molecule has 0 saturated carbocycles. The Hall–Kier alpha value is -0.690. The maximum Gasteiger partial charge on any atom is 0.335 e. The topological polar surface area (TPSA) is 118 Å². The fourth-order valence-corrected chi connectivity index (χ4v) is 1.31. The van der Waals surface area contributed by atoms with E-state index >= 15 is 0 Å². The maximum atomic E-state index is 10.4. The van der Waals surface area contributed by atoms with Gasteiger partial charge >= 0.3 is 5.97 Å². The van der Waals surface area contributed by atoms with E-state index in [1.165, 1.54) is 0 Å². The molecule has 0 aromatic carbocycles. The molecule has 0 aromatic heterocycles. The third kappa shape index (κ3) is 4.89. The molecular weight excluding hydrogens is 216 g/mol. The van der Waals surface area contributed by atoms with Gasteiger partial charge in [0, 0.05) is 0 Å². The van der Waals surface area contributed by atoms with Gasteiger partial charge in [0.1, 0.15) is 12.2 Å². The van der Waals surface area contributed by atoms with Crippen molar-refractivity contribution in [3.05, 3.63) is 0 Å². The Morgan fingerprint density at radius 3 is 1.81 bits per heavy atom. The largest absolute Gasteiger partial charge is 0.479 e. The van der Waals surface area contributed by atoms with E-state index < -0.39 is 30.4 Å². The predicted octanol–water partition coefficient (Wildman–Crippen LogP) is -1.05. The minimum Gasteiger partial charge on any atom is -0.479 e. The van der Waals surface area contributed by atoms with E-state index in [1.54, 1.807) is 0 Å². The molecule has 6 nitrogen and oxygen atoms in total. The fraction of sp³-hybridized carbons (Fsp3) is 0.900. The summed E-state index contributed by atoms with van der Waals surface area (Å²) in [6, 6.07) is 0. The Kier molecular flexibility index (Phi) is 5.34. The summed E-state index contributed by atoms with van der Waals surface area (Å²) in [5.74, 6) is -1.64. The zero-order chi connectivity index (χ0) is 13.1. The fourth-order valence-electron chi connectivity index (χ4n) is 1.31. The van der Waals surface area contributed by atoms with Gasteiger partial charge < -0.3 is 25.5 Å². The SMILES string of the molecule is CC(C)(C)C[C@H](O)[C@@H](O)[C@@H](O)[C@H](O)C(=O)O. The van der Waals surface area contributed by atoms with E-state index in [1.807, 2.05) is 20.8 Å². The summed E-state index contributed by atoms with van der Waals surface area (Å²) in [7, 11) is 0. The molecule has 0 bridgehead atoms. The molecule has 0 aliphatic rings. The van der Waals surface area contributed by atoms with E-state index in [9.17, 15) is 20.1 Å². The Balaban J connectivity index is 4.43. The number of carbonyl (C=O) groups is 1. The lowest BCUT2D eigenvalue weighted by molar-refractivity contribution is -0.163. The first-order valence-electron chi connectivity index (χ1n) is 5.01. The zero-order valence-corrected chi connectivity index (χ0v) is 9.66. The molecule has 0 unspecified atom stereocenters. The molecule has 0 aliphatic carbocycles. The minimum atomic E-state index is -2.11. The molecule has 6 heteroatoms. The van der Waals surface area contributed by atoms with Crippen molar-refractivity contribution in [1.29, 1.82) is 0 Å². The van der Waals surface area contributed by atoms with Crippen LogP contribution in [0.2, 0.25) is 0 Å². The summed E-state index contributed by atoms with van der Waals surface area (Å²) < 4.78 is 0. The van der Waals surface area contributed by atoms with Crippen LogP contribution in [0.25, 0.3) is 0 Å². The summed E-state index contributed by atoms with van der Waals surface area (Å²) in [4.78, 5) is 10.4. The lowest BCUT2D eigenvalue weighted by atomic mass is 9.86. The molecule has 96 valence electrons. The van der Waals surface area contributed by atoms with Gasteiger partial charge in [-0.25, -0.2) is 4.79 Å². The minimum absolute atomic E-state index is 0.178. The molecule has 4 atom stereocenters. The van der Waals surface area contributed by atoms with Crippen molar-refractivity contribution in [2.75, 3.05) is 0 Å². The molecule has 0 rings (SSSR count). The van der Waals surface area contributed by atoms with Gasteiger partial charge in [-0.3, -0.25) is 0 Å². The Bertz CT molecular complexity index is 234. The van der Waals surface area contributed by atoms with Gasteiger partial charge in [-0.1, -0.05) is 20.8 Å². The summed E-state index contributed by atoms with van der Waals surface area (Å²) >= 11 is 0. The molecule has 0 aromatic rings. The smallest absolute Gasteiger partial charge is 0.335 e. The molecule has 0 radical (unpaired) electrons. The van der Waals surface area contributed by atoms with Crippen molar-refractivity contribution in [1.82, 2.24) is 0 Å². The van der Waals surface area contributed by atoms with Crippen LogP contribution in [-0.4, -0.2) is 55.9 Å². The first kappa shape index (κ1) is 15.3. The van der Waals surface area contributed by atoms with E-state index in [0.717, 1.165) is 0 Å². The molecule has 0 aliphatic heterocycles. The maximum absolute atomic E-state index is 10.4. The summed E-state index contributed by atoms with van der Waals surface area (Å²) in [5, 5.41) is 45.7. The molecule has 0 spiro atoms. The third-order valence-corrected chi connectivity index (χ3v) is 2.14. The molecule has 16 heavy (non-hydrogen) atoms. The van der Waals surface area contributed by atoms with Crippen LogP contribution < -0.4 is 0 Å². The number of aliphatic hydroxyl groups excluding tert-OH is 4. The van der Waals surface area contributed by atoms with Crippen molar-refractivity contribution < 1.29 is 30.3 Å². The van der Waals surface area contributed by atoms with Crippen LogP contribution in [0.15, 0.2) is 0 Å². The summed E-state index contributed by atoms with van der Waals surface area (Å²) in [6.07, 6.45) is -6.81. The Morgan fingerprint density at radius 1 is 1.06 bits per heavy atom. The van der Waals surface area contributed by atoms with Crippen LogP contribution in [0, 0.1) is 5.41 Å². The highest BCUT2D eigenvalue weighted by atomic mass is 16.4. The van der Waals surface area contributed by atoms with Gasteiger partial charge in [0.25, 0.3) is 0 Å². The molecule has 0 heterocycles. The van der Waals surface area contributed by atoms with Crippen molar-refractivity contribution >= 4 is 5.97 Å². The summed E-state index contributed by atoms with van der Waals surface area (Å²) in [5.41, 5.74) is -0.283. The number of aliphatic carboxylic acids is 1. The van der Waals surface area contributed by atoms with E-state index in [2.05, 4.69) is 0 Å².